The van der Waals surface area contributed by atoms with E-state index in [1.807, 2.05) is 38.1 Å². The molecule has 1 unspecified atom stereocenters. The molecule has 1 atom stereocenters. The average Bonchev–Trinajstić information content (AvgIpc) is 3.47. The second kappa shape index (κ2) is 10.6. The summed E-state index contributed by atoms with van der Waals surface area (Å²) in [7, 11) is 0. The van der Waals surface area contributed by atoms with Crippen molar-refractivity contribution in [2.24, 2.45) is 0 Å². The molecule has 1 aliphatic heterocycles. The number of nitrogens with zero attached hydrogens (tertiary/aromatic N) is 3. The van der Waals surface area contributed by atoms with Crippen molar-refractivity contribution in [2.45, 2.75) is 39.5 Å². The fourth-order valence-corrected chi connectivity index (χ4v) is 4.68. The lowest BCUT2D eigenvalue weighted by Crippen LogP contribution is -2.24. The van der Waals surface area contributed by atoms with Gasteiger partial charge in [-0.15, -0.1) is 10.2 Å². The van der Waals surface area contributed by atoms with Crippen LogP contribution in [0.3, 0.4) is 0 Å². The average molecular weight is 481 g/mol. The molecular weight excluding hydrogens is 452 g/mol. The Hall–Kier alpha value is -3.46. The van der Waals surface area contributed by atoms with Gasteiger partial charge in [0.2, 0.25) is 11.0 Å². The molecule has 0 radical (unpaired) electrons. The Morgan fingerprint density at radius 2 is 1.79 bits per heavy atom. The van der Waals surface area contributed by atoms with Gasteiger partial charge in [-0.25, -0.2) is 0 Å². The van der Waals surface area contributed by atoms with Crippen molar-refractivity contribution in [3.8, 4) is 11.5 Å². The Labute approximate surface area is 202 Å². The molecular formula is C25H28N4O4S. The number of aromatic nitrogens is 2. The molecule has 178 valence electrons. The van der Waals surface area contributed by atoms with Gasteiger partial charge in [-0.05, 0) is 56.2 Å². The third-order valence-corrected chi connectivity index (χ3v) is 6.60. The first-order valence-electron chi connectivity index (χ1n) is 11.5. The Kier molecular flexibility index (Phi) is 7.42. The summed E-state index contributed by atoms with van der Waals surface area (Å²) in [5.74, 6) is 0.807. The second-order valence-corrected chi connectivity index (χ2v) is 8.86. The molecule has 9 heteroatoms. The van der Waals surface area contributed by atoms with Crippen LogP contribution in [0.1, 0.15) is 54.0 Å². The standard InChI is InChI=1S/C25H28N4O4S/c1-4-16-7-10-19(11-8-16)29-15-18(14-22(29)30)24-27-28-25(34-24)26-23(31)17-9-12-20(32-5-2)21(13-17)33-6-3/h7-13,18H,4-6,14-15H2,1-3H3,(H,26,28,31). The van der Waals surface area contributed by atoms with Crippen molar-refractivity contribution in [1.82, 2.24) is 10.2 Å². The molecule has 0 spiro atoms. The predicted molar refractivity (Wildman–Crippen MR) is 132 cm³/mol. The molecule has 2 heterocycles. The van der Waals surface area contributed by atoms with Crippen molar-refractivity contribution < 1.29 is 19.1 Å². The molecule has 3 aromatic rings. The highest BCUT2D eigenvalue weighted by atomic mass is 32.1. The number of hydrogen-bond acceptors (Lipinski definition) is 7. The predicted octanol–water partition coefficient (Wildman–Crippen LogP) is 4.67. The molecule has 34 heavy (non-hydrogen) atoms. The number of aryl methyl sites for hydroxylation is 1. The highest BCUT2D eigenvalue weighted by Crippen LogP contribution is 2.35. The van der Waals surface area contributed by atoms with Crippen LogP contribution in [0.25, 0.3) is 0 Å². The number of amides is 2. The number of hydrogen-bond donors (Lipinski definition) is 1. The zero-order chi connectivity index (χ0) is 24.1. The summed E-state index contributed by atoms with van der Waals surface area (Å²) in [6, 6.07) is 13.1. The maximum Gasteiger partial charge on any atom is 0.257 e. The van der Waals surface area contributed by atoms with Crippen LogP contribution >= 0.6 is 11.3 Å². The minimum atomic E-state index is -0.313. The molecule has 2 amide bonds. The smallest absolute Gasteiger partial charge is 0.257 e. The molecule has 2 aromatic carbocycles. The van der Waals surface area contributed by atoms with E-state index in [2.05, 4.69) is 22.4 Å². The first kappa shape index (κ1) is 23.7. The Balaban J connectivity index is 1.43. The van der Waals surface area contributed by atoms with Gasteiger partial charge in [0.25, 0.3) is 5.91 Å². The number of benzene rings is 2. The van der Waals surface area contributed by atoms with Gasteiger partial charge in [-0.2, -0.15) is 0 Å². The van der Waals surface area contributed by atoms with E-state index in [9.17, 15) is 9.59 Å². The molecule has 0 bridgehead atoms. The van der Waals surface area contributed by atoms with E-state index in [-0.39, 0.29) is 17.7 Å². The summed E-state index contributed by atoms with van der Waals surface area (Å²) in [6.07, 6.45) is 1.33. The largest absolute Gasteiger partial charge is 0.490 e. The fourth-order valence-electron chi connectivity index (χ4n) is 3.85. The van der Waals surface area contributed by atoms with E-state index in [0.717, 1.165) is 17.1 Å². The zero-order valence-electron chi connectivity index (χ0n) is 19.5. The molecule has 1 fully saturated rings. The van der Waals surface area contributed by atoms with Crippen LogP contribution in [0.5, 0.6) is 11.5 Å². The lowest BCUT2D eigenvalue weighted by atomic mass is 10.1. The highest BCUT2D eigenvalue weighted by molar-refractivity contribution is 7.15. The van der Waals surface area contributed by atoms with E-state index in [1.54, 1.807) is 23.1 Å². The van der Waals surface area contributed by atoms with Crippen LogP contribution in [0.15, 0.2) is 42.5 Å². The lowest BCUT2D eigenvalue weighted by molar-refractivity contribution is -0.117. The van der Waals surface area contributed by atoms with E-state index in [4.69, 9.17) is 9.47 Å². The molecule has 4 rings (SSSR count). The van der Waals surface area contributed by atoms with Gasteiger partial charge < -0.3 is 14.4 Å². The van der Waals surface area contributed by atoms with Crippen molar-refractivity contribution >= 4 is 34.0 Å². The van der Waals surface area contributed by atoms with Crippen molar-refractivity contribution in [1.29, 1.82) is 0 Å². The summed E-state index contributed by atoms with van der Waals surface area (Å²) in [6.45, 7) is 7.38. The molecule has 0 saturated carbocycles. The third-order valence-electron chi connectivity index (χ3n) is 5.60. The summed E-state index contributed by atoms with van der Waals surface area (Å²) in [5.41, 5.74) is 2.56. The van der Waals surface area contributed by atoms with Crippen LogP contribution in [0.4, 0.5) is 10.8 Å². The summed E-state index contributed by atoms with van der Waals surface area (Å²) in [4.78, 5) is 27.2. The Bertz CT molecular complexity index is 1160. The van der Waals surface area contributed by atoms with E-state index >= 15 is 0 Å². The summed E-state index contributed by atoms with van der Waals surface area (Å²) < 4.78 is 11.2. The van der Waals surface area contributed by atoms with E-state index in [1.165, 1.54) is 16.9 Å². The topological polar surface area (TPSA) is 93.7 Å². The first-order valence-corrected chi connectivity index (χ1v) is 12.3. The molecule has 8 nitrogen and oxygen atoms in total. The number of nitrogens with one attached hydrogen (secondary N) is 1. The van der Waals surface area contributed by atoms with Gasteiger partial charge >= 0.3 is 0 Å². The van der Waals surface area contributed by atoms with Crippen LogP contribution in [-0.4, -0.2) is 41.8 Å². The second-order valence-electron chi connectivity index (χ2n) is 7.85. The molecule has 0 aliphatic carbocycles. The zero-order valence-corrected chi connectivity index (χ0v) is 20.4. The van der Waals surface area contributed by atoms with Gasteiger partial charge in [-0.1, -0.05) is 30.4 Å². The SMILES string of the molecule is CCOc1ccc(C(=O)Nc2nnc(C3CC(=O)N(c4ccc(CC)cc4)C3)s2)cc1OCC. The van der Waals surface area contributed by atoms with E-state index < -0.39 is 0 Å². The number of carbonyl (C=O) groups is 2. The monoisotopic (exact) mass is 480 g/mol. The van der Waals surface area contributed by atoms with E-state index in [0.29, 0.717) is 48.4 Å². The number of ether oxygens (including phenoxy) is 2. The van der Waals surface area contributed by atoms with Gasteiger partial charge in [0.15, 0.2) is 11.5 Å². The van der Waals surface area contributed by atoms with Gasteiger partial charge in [-0.3, -0.25) is 14.9 Å². The molecule has 1 saturated heterocycles. The van der Waals surface area contributed by atoms with Gasteiger partial charge in [0, 0.05) is 30.1 Å². The number of carbonyl (C=O) groups excluding carboxylic acids is 2. The van der Waals surface area contributed by atoms with Crippen LogP contribution in [0.2, 0.25) is 0 Å². The minimum Gasteiger partial charge on any atom is -0.490 e. The maximum absolute atomic E-state index is 12.8. The van der Waals surface area contributed by atoms with Gasteiger partial charge in [0.05, 0.1) is 13.2 Å². The molecule has 1 aliphatic rings. The fraction of sp³-hybridized carbons (Fsp3) is 0.360. The van der Waals surface area contributed by atoms with Crippen LogP contribution in [0, 0.1) is 0 Å². The minimum absolute atomic E-state index is 0.0588. The highest BCUT2D eigenvalue weighted by Gasteiger charge is 2.34. The van der Waals surface area contributed by atoms with Crippen molar-refractivity contribution in [2.75, 3.05) is 30.0 Å². The van der Waals surface area contributed by atoms with Gasteiger partial charge in [0.1, 0.15) is 5.01 Å². The van der Waals surface area contributed by atoms with Crippen LogP contribution in [-0.2, 0) is 11.2 Å². The van der Waals surface area contributed by atoms with Crippen molar-refractivity contribution in [3.63, 3.8) is 0 Å². The van der Waals surface area contributed by atoms with Crippen LogP contribution < -0.4 is 19.7 Å². The summed E-state index contributed by atoms with van der Waals surface area (Å²) >= 11 is 1.30. The summed E-state index contributed by atoms with van der Waals surface area (Å²) in [5, 5.41) is 12.3. The number of anilines is 2. The maximum atomic E-state index is 12.8. The van der Waals surface area contributed by atoms with Crippen molar-refractivity contribution in [3.05, 3.63) is 58.6 Å². The first-order chi connectivity index (χ1) is 16.5. The quantitative estimate of drug-likeness (QED) is 0.478. The Morgan fingerprint density at radius 1 is 1.06 bits per heavy atom. The number of rotatable bonds is 9. The molecule has 1 aromatic heterocycles. The molecule has 1 N–H and O–H groups in total. The third kappa shape index (κ3) is 5.20. The lowest BCUT2D eigenvalue weighted by Gasteiger charge is -2.16. The Morgan fingerprint density at radius 3 is 2.50 bits per heavy atom. The normalized spacial score (nSPS) is 15.4.